The summed E-state index contributed by atoms with van der Waals surface area (Å²) in [5.74, 6) is -0.272. The number of hydrogen-bond acceptors (Lipinski definition) is 2. The molecule has 0 radical (unpaired) electrons. The van der Waals surface area contributed by atoms with Crippen LogP contribution in [-0.4, -0.2) is 11.6 Å². The van der Waals surface area contributed by atoms with Gasteiger partial charge in [0.15, 0.2) is 11.6 Å². The van der Waals surface area contributed by atoms with Crippen LogP contribution in [0.4, 0.5) is 0 Å². The van der Waals surface area contributed by atoms with Crippen LogP contribution in [0.25, 0.3) is 0 Å². The molecule has 0 fully saturated rings. The molecule has 2 aliphatic rings. The highest BCUT2D eigenvalue weighted by atomic mass is 16.1. The van der Waals surface area contributed by atoms with Gasteiger partial charge in [-0.25, -0.2) is 0 Å². The van der Waals surface area contributed by atoms with Gasteiger partial charge in [0.1, 0.15) is 0 Å². The molecule has 0 amide bonds. The van der Waals surface area contributed by atoms with Gasteiger partial charge < -0.3 is 0 Å². The van der Waals surface area contributed by atoms with Crippen molar-refractivity contribution < 1.29 is 9.59 Å². The van der Waals surface area contributed by atoms with Gasteiger partial charge in [0.2, 0.25) is 0 Å². The van der Waals surface area contributed by atoms with Gasteiger partial charge in [-0.3, -0.25) is 9.59 Å². The summed E-state index contributed by atoms with van der Waals surface area (Å²) in [5.41, 5.74) is 2.92. The average molecular weight is 196 g/mol. The highest BCUT2D eigenvalue weighted by molar-refractivity contribution is 6.32. The fourth-order valence-electron chi connectivity index (χ4n) is 2.14. The van der Waals surface area contributed by atoms with Crippen LogP contribution in [0, 0.1) is 0 Å². The number of hydrogen-bond donors (Lipinski definition) is 0. The maximum absolute atomic E-state index is 12.0. The topological polar surface area (TPSA) is 34.1 Å². The number of benzene rings is 1. The zero-order valence-electron chi connectivity index (χ0n) is 7.99. The molecule has 0 atom stereocenters. The van der Waals surface area contributed by atoms with Crippen molar-refractivity contribution >= 4 is 11.6 Å². The molecule has 0 saturated carbocycles. The molecular weight excluding hydrogens is 188 g/mol. The van der Waals surface area contributed by atoms with Crippen molar-refractivity contribution in [1.29, 1.82) is 0 Å². The Balaban J connectivity index is 2.21. The summed E-state index contributed by atoms with van der Waals surface area (Å²) in [6.07, 6.45) is 3.93. The zero-order valence-corrected chi connectivity index (χ0v) is 7.99. The van der Waals surface area contributed by atoms with Crippen LogP contribution in [0.15, 0.2) is 47.6 Å². The lowest BCUT2D eigenvalue weighted by Crippen LogP contribution is -2.17. The quantitative estimate of drug-likeness (QED) is 0.593. The Morgan fingerprint density at radius 1 is 1.00 bits per heavy atom. The minimum Gasteiger partial charge on any atom is -0.289 e. The van der Waals surface area contributed by atoms with Crippen LogP contribution in [0.5, 0.6) is 0 Å². The molecular formula is C13H8O2. The van der Waals surface area contributed by atoms with Gasteiger partial charge in [-0.1, -0.05) is 30.3 Å². The predicted octanol–water partition coefficient (Wildman–Crippen LogP) is 1.86. The second-order valence-corrected chi connectivity index (χ2v) is 3.76. The lowest BCUT2D eigenvalue weighted by Gasteiger charge is -2.15. The summed E-state index contributed by atoms with van der Waals surface area (Å²) in [7, 11) is 0. The average Bonchev–Trinajstić information content (AvgIpc) is 2.61. The molecule has 0 aromatic heterocycles. The molecule has 15 heavy (non-hydrogen) atoms. The smallest absolute Gasteiger partial charge is 0.197 e. The van der Waals surface area contributed by atoms with Crippen LogP contribution in [-0.2, 0) is 11.2 Å². The number of rotatable bonds is 0. The van der Waals surface area contributed by atoms with Gasteiger partial charge >= 0.3 is 0 Å². The molecule has 0 unspecified atom stereocenters. The molecule has 1 aromatic carbocycles. The summed E-state index contributed by atoms with van der Waals surface area (Å²) in [4.78, 5) is 23.5. The third-order valence-electron chi connectivity index (χ3n) is 2.87. The van der Waals surface area contributed by atoms with Crippen LogP contribution in [0.1, 0.15) is 15.9 Å². The Morgan fingerprint density at radius 3 is 2.67 bits per heavy atom. The van der Waals surface area contributed by atoms with Gasteiger partial charge in [-0.05, 0) is 23.6 Å². The van der Waals surface area contributed by atoms with E-state index in [2.05, 4.69) is 0 Å². The molecule has 0 bridgehead atoms. The van der Waals surface area contributed by atoms with E-state index in [0.717, 1.165) is 11.1 Å². The first-order valence-electron chi connectivity index (χ1n) is 4.85. The minimum absolute atomic E-state index is 0.123. The van der Waals surface area contributed by atoms with E-state index in [1.54, 1.807) is 12.1 Å². The fourth-order valence-corrected chi connectivity index (χ4v) is 2.14. The second-order valence-electron chi connectivity index (χ2n) is 3.76. The van der Waals surface area contributed by atoms with Gasteiger partial charge in [-0.15, -0.1) is 0 Å². The maximum atomic E-state index is 12.0. The Hall–Kier alpha value is -1.96. The number of ketones is 2. The number of carbonyl (C=O) groups is 2. The van der Waals surface area contributed by atoms with Crippen molar-refractivity contribution in [2.75, 3.05) is 0 Å². The molecule has 3 rings (SSSR count). The summed E-state index contributed by atoms with van der Waals surface area (Å²) < 4.78 is 0. The van der Waals surface area contributed by atoms with Crippen LogP contribution in [0.3, 0.4) is 0 Å². The standard InChI is InChI=1S/C13H8O2/c14-11-6-5-9-7-8-3-1-2-4-10(8)13(15)12(9)11/h1-6H,7H2. The maximum Gasteiger partial charge on any atom is 0.197 e. The van der Waals surface area contributed by atoms with E-state index in [9.17, 15) is 9.59 Å². The molecule has 0 saturated heterocycles. The minimum atomic E-state index is -0.149. The van der Waals surface area contributed by atoms with Crippen molar-refractivity contribution in [2.24, 2.45) is 0 Å². The molecule has 0 spiro atoms. The second kappa shape index (κ2) is 2.76. The SMILES string of the molecule is O=C1C=CC2=C1C(=O)c1ccccc1C2. The van der Waals surface area contributed by atoms with E-state index in [0.29, 0.717) is 17.6 Å². The molecule has 2 heteroatoms. The molecule has 0 N–H and O–H groups in total. The van der Waals surface area contributed by atoms with Crippen LogP contribution >= 0.6 is 0 Å². The van der Waals surface area contributed by atoms with Crippen molar-refractivity contribution in [1.82, 2.24) is 0 Å². The van der Waals surface area contributed by atoms with Gasteiger partial charge in [0, 0.05) is 5.56 Å². The number of allylic oxidation sites excluding steroid dienone is 4. The van der Waals surface area contributed by atoms with Crippen molar-refractivity contribution in [3.8, 4) is 0 Å². The normalized spacial score (nSPS) is 18.1. The van der Waals surface area contributed by atoms with Crippen LogP contribution < -0.4 is 0 Å². The predicted molar refractivity (Wildman–Crippen MR) is 55.6 cm³/mol. The van der Waals surface area contributed by atoms with Crippen molar-refractivity contribution in [2.45, 2.75) is 6.42 Å². The first-order valence-corrected chi connectivity index (χ1v) is 4.85. The lowest BCUT2D eigenvalue weighted by molar-refractivity contribution is -0.110. The Bertz CT molecular complexity index is 547. The summed E-state index contributed by atoms with van der Waals surface area (Å²) in [6.45, 7) is 0. The van der Waals surface area contributed by atoms with Crippen LogP contribution in [0.2, 0.25) is 0 Å². The fraction of sp³-hybridized carbons (Fsp3) is 0.0769. The van der Waals surface area contributed by atoms with E-state index in [4.69, 9.17) is 0 Å². The Morgan fingerprint density at radius 2 is 1.80 bits per heavy atom. The number of carbonyl (C=O) groups excluding carboxylic acids is 2. The van der Waals surface area contributed by atoms with Gasteiger partial charge in [0.25, 0.3) is 0 Å². The molecule has 2 aliphatic carbocycles. The lowest BCUT2D eigenvalue weighted by atomic mass is 9.86. The zero-order chi connectivity index (χ0) is 10.4. The van der Waals surface area contributed by atoms with Gasteiger partial charge in [-0.2, -0.15) is 0 Å². The Labute approximate surface area is 86.9 Å². The first-order chi connectivity index (χ1) is 7.27. The van der Waals surface area contributed by atoms with Crippen molar-refractivity contribution in [3.63, 3.8) is 0 Å². The van der Waals surface area contributed by atoms with E-state index < -0.39 is 0 Å². The van der Waals surface area contributed by atoms with E-state index in [1.165, 1.54) is 6.08 Å². The number of fused-ring (bicyclic) bond motifs is 1. The first kappa shape index (κ1) is 8.36. The largest absolute Gasteiger partial charge is 0.289 e. The van der Waals surface area contributed by atoms with Crippen molar-refractivity contribution in [3.05, 3.63) is 58.7 Å². The van der Waals surface area contributed by atoms with E-state index in [-0.39, 0.29) is 11.6 Å². The third kappa shape index (κ3) is 1.05. The summed E-state index contributed by atoms with van der Waals surface area (Å²) in [6, 6.07) is 7.47. The van der Waals surface area contributed by atoms with E-state index >= 15 is 0 Å². The summed E-state index contributed by atoms with van der Waals surface area (Å²) in [5, 5.41) is 0. The Kier molecular flexibility index (Phi) is 1.54. The highest BCUT2D eigenvalue weighted by Gasteiger charge is 2.30. The molecule has 2 nitrogen and oxygen atoms in total. The molecule has 0 aliphatic heterocycles. The monoisotopic (exact) mass is 196 g/mol. The molecule has 1 aromatic rings. The molecule has 72 valence electrons. The van der Waals surface area contributed by atoms with Gasteiger partial charge in [0.05, 0.1) is 5.57 Å². The number of Topliss-reactive ketones (excluding diaryl/α,β-unsaturated/α-hetero) is 1. The highest BCUT2D eigenvalue weighted by Crippen LogP contribution is 2.30. The molecule has 0 heterocycles. The van der Waals surface area contributed by atoms with E-state index in [1.807, 2.05) is 18.2 Å². The summed E-state index contributed by atoms with van der Waals surface area (Å²) >= 11 is 0. The third-order valence-corrected chi connectivity index (χ3v) is 2.87.